The van der Waals surface area contributed by atoms with Gasteiger partial charge in [0.2, 0.25) is 5.89 Å². The van der Waals surface area contributed by atoms with Crippen molar-refractivity contribution >= 4 is 12.4 Å². The fourth-order valence-electron chi connectivity index (χ4n) is 3.44. The zero-order chi connectivity index (χ0) is 16.4. The first-order valence-corrected chi connectivity index (χ1v) is 8.82. The van der Waals surface area contributed by atoms with Crippen molar-refractivity contribution in [2.75, 3.05) is 26.2 Å². The fraction of sp³-hybridized carbons (Fsp3) is 0.556. The molecule has 2 heterocycles. The van der Waals surface area contributed by atoms with Gasteiger partial charge in [0, 0.05) is 32.7 Å². The average Bonchev–Trinajstić information content (AvgIpc) is 3.04. The van der Waals surface area contributed by atoms with Crippen molar-refractivity contribution in [1.82, 2.24) is 19.9 Å². The highest BCUT2D eigenvalue weighted by atomic mass is 35.5. The van der Waals surface area contributed by atoms with Gasteiger partial charge in [-0.15, -0.1) is 12.4 Å². The molecule has 1 aliphatic heterocycles. The molecule has 0 atom stereocenters. The summed E-state index contributed by atoms with van der Waals surface area (Å²) in [7, 11) is 0. The van der Waals surface area contributed by atoms with Crippen LogP contribution in [0, 0.1) is 0 Å². The molecule has 1 aromatic carbocycles. The molecule has 136 valence electrons. The van der Waals surface area contributed by atoms with E-state index in [-0.39, 0.29) is 17.9 Å². The van der Waals surface area contributed by atoms with Crippen LogP contribution in [0.1, 0.15) is 36.5 Å². The summed E-state index contributed by atoms with van der Waals surface area (Å²) in [4.78, 5) is 9.40. The number of benzene rings is 1. The average molecular weight is 364 g/mol. The second-order valence-corrected chi connectivity index (χ2v) is 7.06. The van der Waals surface area contributed by atoms with Gasteiger partial charge in [-0.05, 0) is 24.8 Å². The van der Waals surface area contributed by atoms with Crippen molar-refractivity contribution in [2.45, 2.75) is 37.9 Å². The summed E-state index contributed by atoms with van der Waals surface area (Å²) in [5, 5.41) is 4.10. The van der Waals surface area contributed by atoms with E-state index in [4.69, 9.17) is 10.3 Å². The summed E-state index contributed by atoms with van der Waals surface area (Å²) in [6.45, 7) is 5.93. The SMILES string of the molecule is Cl.NC1(c2noc(CN3CCN(Cc4ccccc4)CC3)n2)CCC1. The summed E-state index contributed by atoms with van der Waals surface area (Å²) in [6, 6.07) is 10.6. The Kier molecular flexibility index (Phi) is 5.74. The van der Waals surface area contributed by atoms with Gasteiger partial charge in [-0.2, -0.15) is 4.98 Å². The van der Waals surface area contributed by atoms with Gasteiger partial charge in [0.05, 0.1) is 12.1 Å². The molecule has 0 amide bonds. The molecule has 1 saturated carbocycles. The van der Waals surface area contributed by atoms with E-state index in [1.165, 1.54) is 5.56 Å². The number of nitrogens with two attached hydrogens (primary N) is 1. The van der Waals surface area contributed by atoms with Crippen molar-refractivity contribution in [3.8, 4) is 0 Å². The molecule has 0 bridgehead atoms. The maximum atomic E-state index is 6.26. The Morgan fingerprint density at radius 1 is 1.00 bits per heavy atom. The lowest BCUT2D eigenvalue weighted by Crippen LogP contribution is -2.45. The predicted octanol–water partition coefficient (Wildman–Crippen LogP) is 2.15. The van der Waals surface area contributed by atoms with E-state index in [0.29, 0.717) is 11.7 Å². The first kappa shape index (κ1) is 18.3. The number of rotatable bonds is 5. The summed E-state index contributed by atoms with van der Waals surface area (Å²) < 4.78 is 5.42. The highest BCUT2D eigenvalue weighted by molar-refractivity contribution is 5.85. The molecule has 4 rings (SSSR count). The van der Waals surface area contributed by atoms with E-state index in [1.54, 1.807) is 0 Å². The molecule has 7 heteroatoms. The van der Waals surface area contributed by atoms with Crippen molar-refractivity contribution in [2.24, 2.45) is 5.73 Å². The third-order valence-electron chi connectivity index (χ3n) is 5.23. The Balaban J connectivity index is 0.00000182. The molecular formula is C18H26ClN5O. The van der Waals surface area contributed by atoms with Crippen molar-refractivity contribution in [3.63, 3.8) is 0 Å². The van der Waals surface area contributed by atoms with E-state index in [1.807, 2.05) is 0 Å². The van der Waals surface area contributed by atoms with E-state index in [0.717, 1.165) is 58.5 Å². The Morgan fingerprint density at radius 2 is 1.64 bits per heavy atom. The van der Waals surface area contributed by atoms with Crippen LogP contribution in [0.4, 0.5) is 0 Å². The Hall–Kier alpha value is -1.47. The van der Waals surface area contributed by atoms with E-state index in [9.17, 15) is 0 Å². The van der Waals surface area contributed by atoms with E-state index in [2.05, 4.69) is 50.3 Å². The van der Waals surface area contributed by atoms with Crippen LogP contribution in [0.5, 0.6) is 0 Å². The molecule has 1 aromatic heterocycles. The van der Waals surface area contributed by atoms with Crippen molar-refractivity contribution < 1.29 is 4.52 Å². The molecule has 1 aliphatic carbocycles. The molecule has 6 nitrogen and oxygen atoms in total. The van der Waals surface area contributed by atoms with E-state index < -0.39 is 0 Å². The topological polar surface area (TPSA) is 71.4 Å². The minimum atomic E-state index is -0.337. The molecule has 0 unspecified atom stereocenters. The van der Waals surface area contributed by atoms with E-state index >= 15 is 0 Å². The lowest BCUT2D eigenvalue weighted by Gasteiger charge is -2.34. The van der Waals surface area contributed by atoms with Gasteiger partial charge in [-0.25, -0.2) is 0 Å². The third-order valence-corrected chi connectivity index (χ3v) is 5.23. The van der Waals surface area contributed by atoms with Crippen molar-refractivity contribution in [3.05, 3.63) is 47.6 Å². The molecule has 1 saturated heterocycles. The lowest BCUT2D eigenvalue weighted by molar-refractivity contribution is 0.112. The van der Waals surface area contributed by atoms with Crippen molar-refractivity contribution in [1.29, 1.82) is 0 Å². The van der Waals surface area contributed by atoms with Gasteiger partial charge >= 0.3 is 0 Å². The smallest absolute Gasteiger partial charge is 0.240 e. The molecule has 2 N–H and O–H groups in total. The standard InChI is InChI=1S/C18H25N5O.ClH/c19-18(7-4-8-18)17-20-16(24-21-17)14-23-11-9-22(10-12-23)13-15-5-2-1-3-6-15;/h1-3,5-6H,4,7-14,19H2;1H. The summed E-state index contributed by atoms with van der Waals surface area (Å²) >= 11 is 0. The van der Waals surface area contributed by atoms with Crippen LogP contribution in [-0.4, -0.2) is 46.1 Å². The second kappa shape index (κ2) is 7.83. The molecular weight excluding hydrogens is 338 g/mol. The molecule has 0 radical (unpaired) electrons. The first-order chi connectivity index (χ1) is 11.7. The van der Waals surface area contributed by atoms with Gasteiger partial charge in [0.1, 0.15) is 0 Å². The highest BCUT2D eigenvalue weighted by Crippen LogP contribution is 2.36. The quantitative estimate of drug-likeness (QED) is 0.877. The number of halogens is 1. The number of aromatic nitrogens is 2. The predicted molar refractivity (Wildman–Crippen MR) is 98.3 cm³/mol. The monoisotopic (exact) mass is 363 g/mol. The minimum Gasteiger partial charge on any atom is -0.338 e. The maximum absolute atomic E-state index is 6.26. The molecule has 2 aliphatic rings. The van der Waals surface area contributed by atoms with Gasteiger partial charge in [0.25, 0.3) is 0 Å². The number of hydrogen-bond donors (Lipinski definition) is 1. The number of nitrogens with zero attached hydrogens (tertiary/aromatic N) is 4. The number of hydrogen-bond acceptors (Lipinski definition) is 6. The zero-order valence-electron chi connectivity index (χ0n) is 14.4. The van der Waals surface area contributed by atoms with Crippen LogP contribution in [0.2, 0.25) is 0 Å². The molecule has 2 aromatic rings. The van der Waals surface area contributed by atoms with Gasteiger partial charge in [-0.3, -0.25) is 9.80 Å². The Bertz CT molecular complexity index is 665. The Morgan fingerprint density at radius 3 is 2.24 bits per heavy atom. The summed E-state index contributed by atoms with van der Waals surface area (Å²) in [6.07, 6.45) is 3.08. The summed E-state index contributed by atoms with van der Waals surface area (Å²) in [5.41, 5.74) is 7.30. The molecule has 25 heavy (non-hydrogen) atoms. The normalized spacial score (nSPS) is 20.7. The Labute approximate surface area is 154 Å². The van der Waals surface area contributed by atoms with Gasteiger partial charge in [0.15, 0.2) is 5.82 Å². The largest absolute Gasteiger partial charge is 0.338 e. The summed E-state index contributed by atoms with van der Waals surface area (Å²) in [5.74, 6) is 1.38. The minimum absolute atomic E-state index is 0. The molecule has 2 fully saturated rings. The van der Waals surface area contributed by atoms with Crippen LogP contribution in [-0.2, 0) is 18.6 Å². The van der Waals surface area contributed by atoms with Crippen LogP contribution < -0.4 is 5.73 Å². The second-order valence-electron chi connectivity index (χ2n) is 7.06. The first-order valence-electron chi connectivity index (χ1n) is 8.82. The maximum Gasteiger partial charge on any atom is 0.240 e. The van der Waals surface area contributed by atoms with Crippen LogP contribution in [0.3, 0.4) is 0 Å². The third kappa shape index (κ3) is 4.20. The lowest BCUT2D eigenvalue weighted by atomic mass is 9.77. The molecule has 0 spiro atoms. The van der Waals surface area contributed by atoms with Crippen LogP contribution in [0.15, 0.2) is 34.9 Å². The van der Waals surface area contributed by atoms with Gasteiger partial charge in [-0.1, -0.05) is 35.5 Å². The van der Waals surface area contributed by atoms with Gasteiger partial charge < -0.3 is 10.3 Å². The van der Waals surface area contributed by atoms with Crippen LogP contribution in [0.25, 0.3) is 0 Å². The van der Waals surface area contributed by atoms with Crippen LogP contribution >= 0.6 is 12.4 Å². The fourth-order valence-corrected chi connectivity index (χ4v) is 3.44. The number of piperazine rings is 1. The highest BCUT2D eigenvalue weighted by Gasteiger charge is 2.39. The zero-order valence-corrected chi connectivity index (χ0v) is 15.2.